The van der Waals surface area contributed by atoms with Gasteiger partial charge in [0.1, 0.15) is 12.6 Å². The molecule has 0 saturated heterocycles. The molecule has 0 aliphatic heterocycles. The lowest BCUT2D eigenvalue weighted by Gasteiger charge is -2.28. The molecule has 3 rings (SSSR count). The first-order valence-electron chi connectivity index (χ1n) is 8.83. The Hall–Kier alpha value is -3.08. The quantitative estimate of drug-likeness (QED) is 0.753. The van der Waals surface area contributed by atoms with E-state index >= 15 is 0 Å². The van der Waals surface area contributed by atoms with Gasteiger partial charge in [-0.2, -0.15) is 0 Å². The van der Waals surface area contributed by atoms with E-state index in [0.29, 0.717) is 0 Å². The number of carbonyl (C=O) groups is 2. The number of alkyl carbamates (subject to hydrolysis) is 1. The molecule has 0 bridgehead atoms. The van der Waals surface area contributed by atoms with Crippen LogP contribution in [0, 0.1) is 5.41 Å². The molecule has 0 aromatic heterocycles. The molecule has 0 saturated carbocycles. The van der Waals surface area contributed by atoms with Crippen LogP contribution in [0.4, 0.5) is 4.79 Å². The Balaban J connectivity index is 1.74. The number of benzene rings is 2. The SMILES string of the molecule is C=CC(C)(C)[C@@H](NC(=O)OCC1c2ccccc2-c2ccccc21)C(=O)O. The average Bonchev–Trinajstić information content (AvgIpc) is 2.98. The number of ether oxygens (including phenoxy) is 1. The van der Waals surface area contributed by atoms with E-state index in [4.69, 9.17) is 4.74 Å². The van der Waals surface area contributed by atoms with Gasteiger partial charge in [-0.3, -0.25) is 0 Å². The van der Waals surface area contributed by atoms with Gasteiger partial charge in [0.05, 0.1) is 0 Å². The van der Waals surface area contributed by atoms with E-state index in [9.17, 15) is 14.7 Å². The Kier molecular flexibility index (Phi) is 5.04. The van der Waals surface area contributed by atoms with E-state index in [0.717, 1.165) is 22.3 Å². The molecule has 0 fully saturated rings. The Morgan fingerprint density at radius 3 is 2.15 bits per heavy atom. The Morgan fingerprint density at radius 1 is 1.15 bits per heavy atom. The number of carboxylic acids is 1. The number of hydrogen-bond acceptors (Lipinski definition) is 3. The highest BCUT2D eigenvalue weighted by atomic mass is 16.5. The fourth-order valence-corrected chi connectivity index (χ4v) is 3.44. The molecule has 140 valence electrons. The summed E-state index contributed by atoms with van der Waals surface area (Å²) in [5, 5.41) is 11.9. The molecule has 0 unspecified atom stereocenters. The minimum Gasteiger partial charge on any atom is -0.480 e. The smallest absolute Gasteiger partial charge is 0.407 e. The first-order chi connectivity index (χ1) is 12.8. The molecule has 1 amide bonds. The number of amides is 1. The van der Waals surface area contributed by atoms with Gasteiger partial charge in [0, 0.05) is 11.3 Å². The number of nitrogens with one attached hydrogen (secondary N) is 1. The topological polar surface area (TPSA) is 75.6 Å². The molecule has 5 heteroatoms. The minimum atomic E-state index is -1.13. The van der Waals surface area contributed by atoms with Gasteiger partial charge < -0.3 is 15.2 Å². The van der Waals surface area contributed by atoms with Crippen LogP contribution in [-0.4, -0.2) is 29.8 Å². The molecule has 2 N–H and O–H groups in total. The second-order valence-corrected chi connectivity index (χ2v) is 7.27. The largest absolute Gasteiger partial charge is 0.480 e. The van der Waals surface area contributed by atoms with Crippen LogP contribution in [0.15, 0.2) is 61.2 Å². The number of carbonyl (C=O) groups excluding carboxylic acids is 1. The molecule has 0 radical (unpaired) electrons. The number of carboxylic acid groups (broad SMARTS) is 1. The van der Waals surface area contributed by atoms with Crippen LogP contribution in [0.3, 0.4) is 0 Å². The molecule has 2 aromatic carbocycles. The van der Waals surface area contributed by atoms with E-state index in [1.54, 1.807) is 13.8 Å². The third kappa shape index (κ3) is 3.58. The molecular weight excluding hydrogens is 342 g/mol. The van der Waals surface area contributed by atoms with Gasteiger partial charge in [-0.05, 0) is 22.3 Å². The summed E-state index contributed by atoms with van der Waals surface area (Å²) >= 11 is 0. The minimum absolute atomic E-state index is 0.0705. The second kappa shape index (κ2) is 7.27. The monoisotopic (exact) mass is 365 g/mol. The van der Waals surface area contributed by atoms with Gasteiger partial charge in [-0.25, -0.2) is 9.59 Å². The third-order valence-corrected chi connectivity index (χ3v) is 5.12. The van der Waals surface area contributed by atoms with E-state index in [2.05, 4.69) is 24.0 Å². The lowest BCUT2D eigenvalue weighted by molar-refractivity contribution is -0.141. The van der Waals surface area contributed by atoms with Gasteiger partial charge in [-0.1, -0.05) is 68.5 Å². The van der Waals surface area contributed by atoms with Gasteiger partial charge in [-0.15, -0.1) is 6.58 Å². The van der Waals surface area contributed by atoms with Crippen LogP contribution in [0.2, 0.25) is 0 Å². The van der Waals surface area contributed by atoms with Crippen LogP contribution >= 0.6 is 0 Å². The van der Waals surface area contributed by atoms with Gasteiger partial charge in [0.25, 0.3) is 0 Å². The summed E-state index contributed by atoms with van der Waals surface area (Å²) in [6.07, 6.45) is 0.759. The Labute approximate surface area is 158 Å². The zero-order valence-corrected chi connectivity index (χ0v) is 15.4. The summed E-state index contributed by atoms with van der Waals surface area (Å²) in [6, 6.07) is 15.0. The molecular formula is C22H23NO4. The highest BCUT2D eigenvalue weighted by Gasteiger charge is 2.35. The standard InChI is InChI=1S/C22H23NO4/c1-4-22(2,3)19(20(24)25)23-21(26)27-13-18-16-11-7-5-9-14(16)15-10-6-8-12-17(15)18/h4-12,18-19H,1,13H2,2-3H3,(H,23,26)(H,24,25)/t19-/m0/s1. The van der Waals surface area contributed by atoms with E-state index in [1.165, 1.54) is 6.08 Å². The number of rotatable bonds is 6. The van der Waals surface area contributed by atoms with Crippen molar-refractivity contribution in [2.24, 2.45) is 5.41 Å². The van der Waals surface area contributed by atoms with Gasteiger partial charge in [0.2, 0.25) is 0 Å². The van der Waals surface area contributed by atoms with Gasteiger partial charge >= 0.3 is 12.1 Å². The van der Waals surface area contributed by atoms with Crippen molar-refractivity contribution >= 4 is 12.1 Å². The van der Waals surface area contributed by atoms with Crippen molar-refractivity contribution < 1.29 is 19.4 Å². The zero-order chi connectivity index (χ0) is 19.6. The molecule has 5 nitrogen and oxygen atoms in total. The van der Waals surface area contributed by atoms with Crippen molar-refractivity contribution in [2.75, 3.05) is 6.61 Å². The van der Waals surface area contributed by atoms with Crippen molar-refractivity contribution in [3.63, 3.8) is 0 Å². The summed E-state index contributed by atoms with van der Waals surface area (Å²) in [4.78, 5) is 23.8. The first kappa shape index (κ1) is 18.7. The van der Waals surface area contributed by atoms with Crippen LogP contribution in [0.1, 0.15) is 30.9 Å². The molecule has 27 heavy (non-hydrogen) atoms. The van der Waals surface area contributed by atoms with Crippen molar-refractivity contribution in [2.45, 2.75) is 25.8 Å². The highest BCUT2D eigenvalue weighted by molar-refractivity contribution is 5.81. The lowest BCUT2D eigenvalue weighted by Crippen LogP contribution is -2.49. The predicted molar refractivity (Wildman–Crippen MR) is 104 cm³/mol. The number of hydrogen-bond donors (Lipinski definition) is 2. The summed E-state index contributed by atoms with van der Waals surface area (Å²) < 4.78 is 5.41. The summed E-state index contributed by atoms with van der Waals surface area (Å²) in [6.45, 7) is 7.18. The number of fused-ring (bicyclic) bond motifs is 3. The molecule has 0 heterocycles. The molecule has 1 aliphatic carbocycles. The van der Waals surface area contributed by atoms with Crippen molar-refractivity contribution in [3.05, 3.63) is 72.3 Å². The fourth-order valence-electron chi connectivity index (χ4n) is 3.44. The van der Waals surface area contributed by atoms with Crippen LogP contribution < -0.4 is 5.32 Å². The average molecular weight is 365 g/mol. The molecule has 2 aromatic rings. The van der Waals surface area contributed by atoms with Crippen LogP contribution in [0.25, 0.3) is 11.1 Å². The van der Waals surface area contributed by atoms with E-state index in [-0.39, 0.29) is 12.5 Å². The van der Waals surface area contributed by atoms with Gasteiger partial charge in [0.15, 0.2) is 0 Å². The van der Waals surface area contributed by atoms with Crippen LogP contribution in [0.5, 0.6) is 0 Å². The molecule has 1 aliphatic rings. The highest BCUT2D eigenvalue weighted by Crippen LogP contribution is 2.44. The maximum absolute atomic E-state index is 12.3. The summed E-state index contributed by atoms with van der Waals surface area (Å²) in [5.74, 6) is -1.20. The van der Waals surface area contributed by atoms with E-state index in [1.807, 2.05) is 36.4 Å². The number of aliphatic carboxylic acids is 1. The van der Waals surface area contributed by atoms with Crippen LogP contribution in [-0.2, 0) is 9.53 Å². The van der Waals surface area contributed by atoms with Crippen molar-refractivity contribution in [1.29, 1.82) is 0 Å². The first-order valence-corrected chi connectivity index (χ1v) is 8.83. The molecule has 0 spiro atoms. The summed E-state index contributed by atoms with van der Waals surface area (Å²) in [5.41, 5.74) is 3.68. The summed E-state index contributed by atoms with van der Waals surface area (Å²) in [7, 11) is 0. The maximum Gasteiger partial charge on any atom is 0.407 e. The molecule has 1 atom stereocenters. The van der Waals surface area contributed by atoms with Crippen molar-refractivity contribution in [3.8, 4) is 11.1 Å². The van der Waals surface area contributed by atoms with Crippen molar-refractivity contribution in [1.82, 2.24) is 5.32 Å². The zero-order valence-electron chi connectivity index (χ0n) is 15.4. The lowest BCUT2D eigenvalue weighted by atomic mass is 9.84. The third-order valence-electron chi connectivity index (χ3n) is 5.12. The fraction of sp³-hybridized carbons (Fsp3) is 0.273. The maximum atomic E-state index is 12.3. The predicted octanol–water partition coefficient (Wildman–Crippen LogP) is 4.19. The normalized spacial score (nSPS) is 14.0. The Bertz CT molecular complexity index is 842. The Morgan fingerprint density at radius 2 is 1.67 bits per heavy atom. The van der Waals surface area contributed by atoms with E-state index < -0.39 is 23.5 Å². The second-order valence-electron chi connectivity index (χ2n) is 7.27.